The van der Waals surface area contributed by atoms with E-state index in [9.17, 15) is 0 Å². The highest BCUT2D eigenvalue weighted by molar-refractivity contribution is 4.84. The van der Waals surface area contributed by atoms with Gasteiger partial charge in [0, 0.05) is 12.6 Å². The summed E-state index contributed by atoms with van der Waals surface area (Å²) in [6.07, 6.45) is 7.09. The Morgan fingerprint density at radius 3 is 2.61 bits per heavy atom. The monoisotopic (exact) mass is 253 g/mol. The van der Waals surface area contributed by atoms with E-state index in [1.807, 2.05) is 0 Å². The minimum atomic E-state index is 0.470. The van der Waals surface area contributed by atoms with Crippen LogP contribution in [0, 0.1) is 17.3 Å². The second kappa shape index (κ2) is 5.92. The van der Waals surface area contributed by atoms with E-state index < -0.39 is 0 Å². The summed E-state index contributed by atoms with van der Waals surface area (Å²) in [5, 5.41) is 3.59. The molecule has 0 bridgehead atoms. The summed E-state index contributed by atoms with van der Waals surface area (Å²) in [7, 11) is 0. The summed E-state index contributed by atoms with van der Waals surface area (Å²) in [4.78, 5) is 0. The first-order chi connectivity index (χ1) is 8.44. The molecule has 2 aliphatic carbocycles. The lowest BCUT2D eigenvalue weighted by Gasteiger charge is -2.39. The lowest BCUT2D eigenvalue weighted by atomic mass is 9.71. The third-order valence-electron chi connectivity index (χ3n) is 4.30. The van der Waals surface area contributed by atoms with Gasteiger partial charge >= 0.3 is 0 Å². The van der Waals surface area contributed by atoms with Gasteiger partial charge in [0.1, 0.15) is 0 Å². The molecule has 0 saturated heterocycles. The van der Waals surface area contributed by atoms with Crippen LogP contribution in [0.2, 0.25) is 0 Å². The van der Waals surface area contributed by atoms with Gasteiger partial charge in [-0.2, -0.15) is 0 Å². The summed E-state index contributed by atoms with van der Waals surface area (Å²) in [6, 6.07) is 0.820. The molecule has 2 rings (SSSR count). The molecule has 0 amide bonds. The number of rotatable bonds is 6. The average molecular weight is 253 g/mol. The van der Waals surface area contributed by atoms with Crippen LogP contribution in [0.15, 0.2) is 0 Å². The normalized spacial score (nSPS) is 33.3. The van der Waals surface area contributed by atoms with Crippen molar-refractivity contribution in [2.45, 2.75) is 71.9 Å². The zero-order chi connectivity index (χ0) is 13.2. The number of hydrogen-bond acceptors (Lipinski definition) is 2. The van der Waals surface area contributed by atoms with Crippen molar-refractivity contribution < 1.29 is 4.74 Å². The molecule has 3 atom stereocenters. The molecule has 3 unspecified atom stereocenters. The standard InChI is InChI=1S/C16H31NO/c1-12-7-15(9-16(3,4)8-12)18-11-13(2)10-17-14-5-6-14/h12-15,17H,5-11H2,1-4H3. The summed E-state index contributed by atoms with van der Waals surface area (Å²) < 4.78 is 6.16. The second-order valence-corrected chi connectivity index (χ2v) is 7.66. The predicted molar refractivity (Wildman–Crippen MR) is 76.7 cm³/mol. The molecule has 0 aromatic heterocycles. The van der Waals surface area contributed by atoms with Gasteiger partial charge in [-0.15, -0.1) is 0 Å². The van der Waals surface area contributed by atoms with Crippen LogP contribution in [0.1, 0.15) is 59.8 Å². The van der Waals surface area contributed by atoms with Crippen molar-refractivity contribution in [3.05, 3.63) is 0 Å². The molecule has 0 aromatic rings. The van der Waals surface area contributed by atoms with Crippen LogP contribution >= 0.6 is 0 Å². The van der Waals surface area contributed by atoms with Crippen molar-refractivity contribution in [1.82, 2.24) is 5.32 Å². The fourth-order valence-corrected chi connectivity index (χ4v) is 3.40. The van der Waals surface area contributed by atoms with Crippen molar-refractivity contribution in [1.29, 1.82) is 0 Å². The Morgan fingerprint density at radius 2 is 2.00 bits per heavy atom. The Labute approximate surface area is 113 Å². The number of ether oxygens (including phenoxy) is 1. The van der Waals surface area contributed by atoms with Crippen molar-refractivity contribution in [2.24, 2.45) is 17.3 Å². The lowest BCUT2D eigenvalue weighted by Crippen LogP contribution is -2.34. The molecule has 0 radical (unpaired) electrons. The predicted octanol–water partition coefficient (Wildman–Crippen LogP) is 3.61. The first-order valence-corrected chi connectivity index (χ1v) is 7.79. The molecule has 2 fully saturated rings. The summed E-state index contributed by atoms with van der Waals surface area (Å²) in [5.41, 5.74) is 0.470. The van der Waals surface area contributed by atoms with E-state index in [4.69, 9.17) is 4.74 Å². The van der Waals surface area contributed by atoms with Gasteiger partial charge in [0.2, 0.25) is 0 Å². The quantitative estimate of drug-likeness (QED) is 0.781. The molecule has 0 aromatic carbocycles. The van der Waals surface area contributed by atoms with Crippen LogP contribution in [-0.2, 0) is 4.74 Å². The van der Waals surface area contributed by atoms with Gasteiger partial charge in [0.15, 0.2) is 0 Å². The third-order valence-corrected chi connectivity index (χ3v) is 4.30. The van der Waals surface area contributed by atoms with E-state index in [1.54, 1.807) is 0 Å². The van der Waals surface area contributed by atoms with Crippen LogP contribution in [0.25, 0.3) is 0 Å². The van der Waals surface area contributed by atoms with Crippen molar-refractivity contribution in [3.8, 4) is 0 Å². The molecule has 0 heterocycles. The summed E-state index contributed by atoms with van der Waals surface area (Å²) >= 11 is 0. The van der Waals surface area contributed by atoms with Gasteiger partial charge in [0.05, 0.1) is 12.7 Å². The zero-order valence-corrected chi connectivity index (χ0v) is 12.7. The van der Waals surface area contributed by atoms with Gasteiger partial charge in [0.25, 0.3) is 0 Å². The molecular formula is C16H31NO. The van der Waals surface area contributed by atoms with Crippen LogP contribution in [0.5, 0.6) is 0 Å². The Hall–Kier alpha value is -0.0800. The summed E-state index contributed by atoms with van der Waals surface area (Å²) in [6.45, 7) is 11.5. The SMILES string of the molecule is CC(CNC1CC1)COC1CC(C)CC(C)(C)C1. The van der Waals surface area contributed by atoms with E-state index in [0.717, 1.165) is 25.1 Å². The molecule has 0 spiro atoms. The Bertz CT molecular complexity index is 260. The number of hydrogen-bond donors (Lipinski definition) is 1. The average Bonchev–Trinajstić information content (AvgIpc) is 3.04. The first kappa shape index (κ1) is 14.3. The Kier molecular flexibility index (Phi) is 4.71. The molecule has 106 valence electrons. The summed E-state index contributed by atoms with van der Waals surface area (Å²) in [5.74, 6) is 1.46. The fourth-order valence-electron chi connectivity index (χ4n) is 3.40. The highest BCUT2D eigenvalue weighted by Crippen LogP contribution is 2.39. The van der Waals surface area contributed by atoms with E-state index in [-0.39, 0.29) is 0 Å². The molecule has 0 aliphatic heterocycles. The van der Waals surface area contributed by atoms with Crippen molar-refractivity contribution >= 4 is 0 Å². The van der Waals surface area contributed by atoms with Gasteiger partial charge in [-0.1, -0.05) is 27.7 Å². The van der Waals surface area contributed by atoms with Gasteiger partial charge < -0.3 is 10.1 Å². The molecule has 2 saturated carbocycles. The molecular weight excluding hydrogens is 222 g/mol. The van der Waals surface area contributed by atoms with Crippen LogP contribution in [0.3, 0.4) is 0 Å². The molecule has 1 N–H and O–H groups in total. The largest absolute Gasteiger partial charge is 0.378 e. The zero-order valence-electron chi connectivity index (χ0n) is 12.7. The first-order valence-electron chi connectivity index (χ1n) is 7.79. The molecule has 2 aliphatic rings. The fraction of sp³-hybridized carbons (Fsp3) is 1.00. The Morgan fingerprint density at radius 1 is 1.28 bits per heavy atom. The molecule has 2 nitrogen and oxygen atoms in total. The highest BCUT2D eigenvalue weighted by atomic mass is 16.5. The van der Waals surface area contributed by atoms with Gasteiger partial charge in [-0.25, -0.2) is 0 Å². The van der Waals surface area contributed by atoms with Crippen LogP contribution in [0.4, 0.5) is 0 Å². The topological polar surface area (TPSA) is 21.3 Å². The van der Waals surface area contributed by atoms with Crippen molar-refractivity contribution in [2.75, 3.05) is 13.2 Å². The highest BCUT2D eigenvalue weighted by Gasteiger charge is 2.32. The maximum absolute atomic E-state index is 6.16. The lowest BCUT2D eigenvalue weighted by molar-refractivity contribution is -0.0341. The maximum atomic E-state index is 6.16. The van der Waals surface area contributed by atoms with E-state index in [2.05, 4.69) is 33.0 Å². The van der Waals surface area contributed by atoms with Crippen LogP contribution in [-0.4, -0.2) is 25.3 Å². The van der Waals surface area contributed by atoms with Crippen molar-refractivity contribution in [3.63, 3.8) is 0 Å². The number of nitrogens with one attached hydrogen (secondary N) is 1. The smallest absolute Gasteiger partial charge is 0.0582 e. The molecule has 18 heavy (non-hydrogen) atoms. The van der Waals surface area contributed by atoms with Gasteiger partial charge in [-0.05, 0) is 49.4 Å². The second-order valence-electron chi connectivity index (χ2n) is 7.66. The van der Waals surface area contributed by atoms with Gasteiger partial charge in [-0.3, -0.25) is 0 Å². The minimum Gasteiger partial charge on any atom is -0.378 e. The maximum Gasteiger partial charge on any atom is 0.0582 e. The van der Waals surface area contributed by atoms with E-state index in [0.29, 0.717) is 17.4 Å². The van der Waals surface area contributed by atoms with E-state index in [1.165, 1.54) is 32.1 Å². The van der Waals surface area contributed by atoms with E-state index >= 15 is 0 Å². The third kappa shape index (κ3) is 4.89. The molecule has 2 heteroatoms. The van der Waals surface area contributed by atoms with Crippen LogP contribution < -0.4 is 5.32 Å². The minimum absolute atomic E-state index is 0.470. The Balaban J connectivity index is 1.65.